The molecule has 0 spiro atoms. The summed E-state index contributed by atoms with van der Waals surface area (Å²) in [7, 11) is 0. The van der Waals surface area contributed by atoms with Crippen LogP contribution < -0.4 is 0 Å². The Balaban J connectivity index is 2.86. The zero-order valence-electron chi connectivity index (χ0n) is 11.4. The fraction of sp³-hybridized carbons (Fsp3) is 0.600. The van der Waals surface area contributed by atoms with Crippen molar-refractivity contribution < 1.29 is 9.90 Å². The SMILES string of the molecule is CCCCCC(CCC)c1ccncc1C(=O)O. The Morgan fingerprint density at radius 2 is 2.06 bits per heavy atom. The third-order valence-corrected chi connectivity index (χ3v) is 3.32. The van der Waals surface area contributed by atoms with E-state index in [1.807, 2.05) is 6.07 Å². The van der Waals surface area contributed by atoms with Gasteiger partial charge in [0.05, 0.1) is 5.56 Å². The van der Waals surface area contributed by atoms with Crippen LogP contribution >= 0.6 is 0 Å². The van der Waals surface area contributed by atoms with Crippen LogP contribution in [0.4, 0.5) is 0 Å². The van der Waals surface area contributed by atoms with Crippen LogP contribution in [0.2, 0.25) is 0 Å². The van der Waals surface area contributed by atoms with Crippen LogP contribution in [0, 0.1) is 0 Å². The highest BCUT2D eigenvalue weighted by molar-refractivity contribution is 5.89. The topological polar surface area (TPSA) is 50.2 Å². The van der Waals surface area contributed by atoms with Gasteiger partial charge < -0.3 is 5.11 Å². The fourth-order valence-electron chi connectivity index (χ4n) is 2.38. The van der Waals surface area contributed by atoms with Crippen LogP contribution in [0.1, 0.15) is 74.2 Å². The molecule has 0 aliphatic heterocycles. The first kappa shape index (κ1) is 14.7. The molecule has 18 heavy (non-hydrogen) atoms. The maximum Gasteiger partial charge on any atom is 0.337 e. The van der Waals surface area contributed by atoms with E-state index in [1.165, 1.54) is 25.5 Å². The van der Waals surface area contributed by atoms with Crippen LogP contribution in [0.25, 0.3) is 0 Å². The van der Waals surface area contributed by atoms with Crippen LogP contribution in [0.5, 0.6) is 0 Å². The molecule has 1 aromatic heterocycles. The van der Waals surface area contributed by atoms with Crippen LogP contribution in [-0.4, -0.2) is 16.1 Å². The molecule has 1 unspecified atom stereocenters. The van der Waals surface area contributed by atoms with Crippen molar-refractivity contribution >= 4 is 5.97 Å². The van der Waals surface area contributed by atoms with E-state index >= 15 is 0 Å². The van der Waals surface area contributed by atoms with Gasteiger partial charge in [0.25, 0.3) is 0 Å². The maximum atomic E-state index is 11.2. The van der Waals surface area contributed by atoms with Gasteiger partial charge in [0.1, 0.15) is 0 Å². The molecule has 0 bridgehead atoms. The summed E-state index contributed by atoms with van der Waals surface area (Å²) in [5.74, 6) is -0.509. The molecule has 0 aliphatic rings. The lowest BCUT2D eigenvalue weighted by Gasteiger charge is -2.18. The van der Waals surface area contributed by atoms with Gasteiger partial charge in [-0.3, -0.25) is 4.98 Å². The Labute approximate surface area is 109 Å². The molecule has 100 valence electrons. The van der Waals surface area contributed by atoms with E-state index in [0.717, 1.165) is 24.8 Å². The van der Waals surface area contributed by atoms with Crippen molar-refractivity contribution in [2.24, 2.45) is 0 Å². The predicted octanol–water partition coefficient (Wildman–Crippen LogP) is 4.24. The highest BCUT2D eigenvalue weighted by Crippen LogP contribution is 2.29. The van der Waals surface area contributed by atoms with E-state index in [2.05, 4.69) is 18.8 Å². The lowest BCUT2D eigenvalue weighted by atomic mass is 9.87. The summed E-state index contributed by atoms with van der Waals surface area (Å²) in [6, 6.07) is 1.87. The van der Waals surface area contributed by atoms with Crippen LogP contribution in [0.15, 0.2) is 18.5 Å². The molecule has 3 nitrogen and oxygen atoms in total. The molecular weight excluding hydrogens is 226 g/mol. The average Bonchev–Trinajstić information content (AvgIpc) is 2.38. The molecule has 0 fully saturated rings. The molecule has 1 heterocycles. The Bertz CT molecular complexity index is 377. The summed E-state index contributed by atoms with van der Waals surface area (Å²) in [5, 5.41) is 9.21. The molecule has 0 aromatic carbocycles. The van der Waals surface area contributed by atoms with Gasteiger partial charge in [0.15, 0.2) is 0 Å². The Kier molecular flexibility index (Phi) is 6.40. The lowest BCUT2D eigenvalue weighted by molar-refractivity contribution is 0.0694. The Hall–Kier alpha value is -1.38. The maximum absolute atomic E-state index is 11.2. The van der Waals surface area contributed by atoms with Gasteiger partial charge in [0, 0.05) is 12.4 Å². The third-order valence-electron chi connectivity index (χ3n) is 3.32. The lowest BCUT2D eigenvalue weighted by Crippen LogP contribution is -2.08. The van der Waals surface area contributed by atoms with Gasteiger partial charge in [-0.05, 0) is 30.4 Å². The standard InChI is InChI=1S/C15H23NO2/c1-3-5-6-8-12(7-4-2)13-9-10-16-11-14(13)15(17)18/h9-12H,3-8H2,1-2H3,(H,17,18). The highest BCUT2D eigenvalue weighted by atomic mass is 16.4. The summed E-state index contributed by atoms with van der Waals surface area (Å²) < 4.78 is 0. The average molecular weight is 249 g/mol. The summed E-state index contributed by atoms with van der Waals surface area (Å²) in [6.07, 6.45) is 9.96. The van der Waals surface area contributed by atoms with Crippen molar-refractivity contribution in [3.8, 4) is 0 Å². The minimum Gasteiger partial charge on any atom is -0.478 e. The van der Waals surface area contributed by atoms with E-state index in [9.17, 15) is 9.90 Å². The number of aromatic nitrogens is 1. The van der Waals surface area contributed by atoms with Gasteiger partial charge >= 0.3 is 5.97 Å². The van der Waals surface area contributed by atoms with E-state index in [4.69, 9.17) is 0 Å². The van der Waals surface area contributed by atoms with Gasteiger partial charge in [-0.15, -0.1) is 0 Å². The molecule has 1 aromatic rings. The Morgan fingerprint density at radius 1 is 1.28 bits per heavy atom. The smallest absolute Gasteiger partial charge is 0.337 e. The number of carbonyl (C=O) groups is 1. The molecule has 1 N–H and O–H groups in total. The number of unbranched alkanes of at least 4 members (excludes halogenated alkanes) is 2. The minimum absolute atomic E-state index is 0.357. The second kappa shape index (κ2) is 7.85. The summed E-state index contributed by atoms with van der Waals surface area (Å²) in [4.78, 5) is 15.1. The van der Waals surface area contributed by atoms with Gasteiger partial charge in [0.2, 0.25) is 0 Å². The molecule has 0 amide bonds. The number of aromatic carboxylic acids is 1. The van der Waals surface area contributed by atoms with Crippen molar-refractivity contribution in [2.45, 2.75) is 58.3 Å². The molecule has 0 saturated heterocycles. The number of pyridine rings is 1. The molecular formula is C15H23NO2. The van der Waals surface area contributed by atoms with Crippen LogP contribution in [0.3, 0.4) is 0 Å². The normalized spacial score (nSPS) is 12.3. The largest absolute Gasteiger partial charge is 0.478 e. The zero-order chi connectivity index (χ0) is 13.4. The quantitative estimate of drug-likeness (QED) is 0.701. The predicted molar refractivity (Wildman–Crippen MR) is 73.0 cm³/mol. The van der Waals surface area contributed by atoms with Crippen molar-refractivity contribution in [1.82, 2.24) is 4.98 Å². The number of nitrogens with zero attached hydrogens (tertiary/aromatic N) is 1. The van der Waals surface area contributed by atoms with Crippen molar-refractivity contribution in [2.75, 3.05) is 0 Å². The van der Waals surface area contributed by atoms with Crippen LogP contribution in [-0.2, 0) is 0 Å². The van der Waals surface area contributed by atoms with E-state index in [1.54, 1.807) is 6.20 Å². The molecule has 0 saturated carbocycles. The molecule has 0 aliphatic carbocycles. The summed E-state index contributed by atoms with van der Waals surface area (Å²) in [6.45, 7) is 4.33. The first-order valence-corrected chi connectivity index (χ1v) is 6.87. The van der Waals surface area contributed by atoms with Gasteiger partial charge in [-0.2, -0.15) is 0 Å². The fourth-order valence-corrected chi connectivity index (χ4v) is 2.38. The minimum atomic E-state index is -0.866. The zero-order valence-corrected chi connectivity index (χ0v) is 11.4. The first-order valence-electron chi connectivity index (χ1n) is 6.87. The van der Waals surface area contributed by atoms with Gasteiger partial charge in [-0.1, -0.05) is 39.5 Å². The van der Waals surface area contributed by atoms with Gasteiger partial charge in [-0.25, -0.2) is 4.79 Å². The number of carboxylic acids is 1. The van der Waals surface area contributed by atoms with E-state index in [-0.39, 0.29) is 0 Å². The number of carboxylic acid groups (broad SMARTS) is 1. The molecule has 3 heteroatoms. The summed E-state index contributed by atoms with van der Waals surface area (Å²) in [5.41, 5.74) is 1.32. The second-order valence-electron chi connectivity index (χ2n) is 4.75. The molecule has 1 rings (SSSR count). The number of hydrogen-bond donors (Lipinski definition) is 1. The van der Waals surface area contributed by atoms with Crippen molar-refractivity contribution in [1.29, 1.82) is 0 Å². The van der Waals surface area contributed by atoms with E-state index in [0.29, 0.717) is 11.5 Å². The second-order valence-corrected chi connectivity index (χ2v) is 4.75. The van der Waals surface area contributed by atoms with E-state index < -0.39 is 5.97 Å². The van der Waals surface area contributed by atoms with Crippen molar-refractivity contribution in [3.05, 3.63) is 29.6 Å². The first-order chi connectivity index (χ1) is 8.70. The highest BCUT2D eigenvalue weighted by Gasteiger charge is 2.18. The monoisotopic (exact) mass is 249 g/mol. The molecule has 1 atom stereocenters. The number of rotatable bonds is 8. The molecule has 0 radical (unpaired) electrons. The van der Waals surface area contributed by atoms with Crippen molar-refractivity contribution in [3.63, 3.8) is 0 Å². The Morgan fingerprint density at radius 3 is 2.67 bits per heavy atom. The third kappa shape index (κ3) is 4.13. The summed E-state index contributed by atoms with van der Waals surface area (Å²) >= 11 is 0. The number of hydrogen-bond acceptors (Lipinski definition) is 2.